The van der Waals surface area contributed by atoms with E-state index in [2.05, 4.69) is 19.8 Å². The van der Waals surface area contributed by atoms with Gasteiger partial charge in [0.15, 0.2) is 0 Å². The number of hydrogen-bond donors (Lipinski definition) is 2. The Hall–Kier alpha value is -4.52. The fraction of sp³-hybridized carbons (Fsp3) is 0.259. The second-order valence-corrected chi connectivity index (χ2v) is 11.3. The standard InChI is InChI=1S/C27H27FN6O5S/c1-16-5-4-6-17(2)25(16)23-12-24(31-27(30-23)32-40(37,38)20-13-29-33(3)15-20)39-19-9-10-34(14-19)26(36)21-11-18(35)7-8-22(21)28/h4-8,11-13,15,19,35H,9-10,14H2,1-3H3,(H,30,31,32). The van der Waals surface area contributed by atoms with Crippen LogP contribution in [-0.2, 0) is 17.1 Å². The van der Waals surface area contributed by atoms with Crippen LogP contribution in [0, 0.1) is 19.7 Å². The number of halogens is 1. The Morgan fingerprint density at radius 2 is 1.90 bits per heavy atom. The van der Waals surface area contributed by atoms with Crippen molar-refractivity contribution < 1.29 is 27.4 Å². The summed E-state index contributed by atoms with van der Waals surface area (Å²) in [5, 5.41) is 13.6. The third-order valence-corrected chi connectivity index (χ3v) is 7.84. The maximum absolute atomic E-state index is 14.2. The lowest BCUT2D eigenvalue weighted by molar-refractivity contribution is 0.0766. The molecular weight excluding hydrogens is 539 g/mol. The highest BCUT2D eigenvalue weighted by molar-refractivity contribution is 7.92. The summed E-state index contributed by atoms with van der Waals surface area (Å²) >= 11 is 0. The molecule has 1 fully saturated rings. The van der Waals surface area contributed by atoms with Crippen LogP contribution in [0.1, 0.15) is 27.9 Å². The number of phenols is 1. The van der Waals surface area contributed by atoms with Crippen molar-refractivity contribution in [1.29, 1.82) is 0 Å². The van der Waals surface area contributed by atoms with Gasteiger partial charge in [-0.15, -0.1) is 0 Å². The molecule has 0 aliphatic carbocycles. The maximum Gasteiger partial charge on any atom is 0.267 e. The zero-order valence-corrected chi connectivity index (χ0v) is 22.8. The Labute approximate surface area is 230 Å². The van der Waals surface area contributed by atoms with E-state index in [1.165, 1.54) is 28.0 Å². The number of nitrogens with zero attached hydrogens (tertiary/aromatic N) is 5. The number of ether oxygens (including phenoxy) is 1. The summed E-state index contributed by atoms with van der Waals surface area (Å²) < 4.78 is 50.1. The summed E-state index contributed by atoms with van der Waals surface area (Å²) in [5.74, 6) is -1.58. The number of nitrogens with one attached hydrogen (secondary N) is 1. The average Bonchev–Trinajstić information content (AvgIpc) is 3.54. The largest absolute Gasteiger partial charge is 0.508 e. The monoisotopic (exact) mass is 566 g/mol. The molecule has 1 aliphatic rings. The van der Waals surface area contributed by atoms with Crippen molar-refractivity contribution in [2.75, 3.05) is 17.8 Å². The summed E-state index contributed by atoms with van der Waals surface area (Å²) in [6, 6.07) is 10.7. The molecule has 11 nitrogen and oxygen atoms in total. The molecule has 2 N–H and O–H groups in total. The summed E-state index contributed by atoms with van der Waals surface area (Å²) in [5.41, 5.74) is 2.89. The number of hydrogen-bond acceptors (Lipinski definition) is 8. The molecule has 1 atom stereocenters. The molecule has 0 bridgehead atoms. The van der Waals surface area contributed by atoms with Gasteiger partial charge >= 0.3 is 0 Å². The number of carbonyl (C=O) groups excluding carboxylic acids is 1. The highest BCUT2D eigenvalue weighted by Crippen LogP contribution is 2.30. The molecule has 13 heteroatoms. The van der Waals surface area contributed by atoms with E-state index in [1.54, 1.807) is 13.1 Å². The van der Waals surface area contributed by atoms with E-state index in [-0.39, 0.29) is 34.6 Å². The van der Waals surface area contributed by atoms with E-state index in [0.717, 1.165) is 28.8 Å². The normalized spacial score (nSPS) is 15.3. The third-order valence-electron chi connectivity index (χ3n) is 6.56. The minimum atomic E-state index is -4.04. The van der Waals surface area contributed by atoms with E-state index in [4.69, 9.17) is 4.74 Å². The van der Waals surface area contributed by atoms with Crippen molar-refractivity contribution in [2.45, 2.75) is 31.3 Å². The lowest BCUT2D eigenvalue weighted by Gasteiger charge is -2.18. The van der Waals surface area contributed by atoms with Crippen LogP contribution in [0.25, 0.3) is 11.3 Å². The quantitative estimate of drug-likeness (QED) is 0.347. The Balaban J connectivity index is 1.43. The minimum absolute atomic E-state index is 0.0531. The van der Waals surface area contributed by atoms with Crippen LogP contribution in [-0.4, -0.2) is 63.3 Å². The van der Waals surface area contributed by atoms with E-state index >= 15 is 0 Å². The molecule has 1 amide bonds. The molecule has 1 aliphatic heterocycles. The average molecular weight is 567 g/mol. The van der Waals surface area contributed by atoms with E-state index in [9.17, 15) is 22.7 Å². The van der Waals surface area contributed by atoms with Crippen molar-refractivity contribution in [2.24, 2.45) is 7.05 Å². The van der Waals surface area contributed by atoms with Crippen molar-refractivity contribution in [3.05, 3.63) is 77.4 Å². The molecule has 3 heterocycles. The number of rotatable bonds is 7. The molecule has 208 valence electrons. The topological polar surface area (TPSA) is 140 Å². The molecule has 0 saturated carbocycles. The molecule has 5 rings (SSSR count). The highest BCUT2D eigenvalue weighted by atomic mass is 32.2. The number of benzene rings is 2. The molecule has 4 aromatic rings. The smallest absolute Gasteiger partial charge is 0.267 e. The summed E-state index contributed by atoms with van der Waals surface area (Å²) in [6.45, 7) is 4.29. The minimum Gasteiger partial charge on any atom is -0.508 e. The van der Waals surface area contributed by atoms with Gasteiger partial charge in [0.05, 0.1) is 24.0 Å². The van der Waals surface area contributed by atoms with Crippen LogP contribution >= 0.6 is 0 Å². The van der Waals surface area contributed by atoms with Crippen LogP contribution < -0.4 is 9.46 Å². The lowest BCUT2D eigenvalue weighted by atomic mass is 10.00. The Morgan fingerprint density at radius 3 is 2.60 bits per heavy atom. The number of anilines is 1. The molecule has 1 unspecified atom stereocenters. The van der Waals surface area contributed by atoms with Crippen LogP contribution in [0.4, 0.5) is 10.3 Å². The van der Waals surface area contributed by atoms with Gasteiger partial charge in [0, 0.05) is 37.8 Å². The van der Waals surface area contributed by atoms with Gasteiger partial charge in [-0.3, -0.25) is 9.48 Å². The predicted molar refractivity (Wildman–Crippen MR) is 144 cm³/mol. The first-order valence-electron chi connectivity index (χ1n) is 12.4. The van der Waals surface area contributed by atoms with Crippen molar-refractivity contribution in [1.82, 2.24) is 24.6 Å². The van der Waals surface area contributed by atoms with Gasteiger partial charge in [-0.25, -0.2) is 22.5 Å². The molecule has 2 aromatic heterocycles. The van der Waals surface area contributed by atoms with Gasteiger partial charge in [-0.2, -0.15) is 10.1 Å². The van der Waals surface area contributed by atoms with Crippen molar-refractivity contribution >= 4 is 21.9 Å². The van der Waals surface area contributed by atoms with Crippen LogP contribution in [0.2, 0.25) is 0 Å². The van der Waals surface area contributed by atoms with Crippen LogP contribution in [0.15, 0.2) is 59.8 Å². The number of aromatic nitrogens is 4. The van der Waals surface area contributed by atoms with Crippen LogP contribution in [0.5, 0.6) is 11.6 Å². The van der Waals surface area contributed by atoms with E-state index in [1.807, 2.05) is 32.0 Å². The van der Waals surface area contributed by atoms with Gasteiger partial charge in [0.25, 0.3) is 15.9 Å². The molecular formula is C27H27FN6O5S. The second-order valence-electron chi connectivity index (χ2n) is 9.58. The Bertz CT molecular complexity index is 1690. The number of aromatic hydroxyl groups is 1. The first-order valence-corrected chi connectivity index (χ1v) is 13.9. The van der Waals surface area contributed by atoms with Gasteiger partial charge < -0.3 is 14.7 Å². The predicted octanol–water partition coefficient (Wildman–Crippen LogP) is 3.43. The zero-order valence-electron chi connectivity index (χ0n) is 22.0. The molecule has 40 heavy (non-hydrogen) atoms. The first kappa shape index (κ1) is 27.1. The Morgan fingerprint density at radius 1 is 1.15 bits per heavy atom. The third kappa shape index (κ3) is 5.59. The number of carbonyl (C=O) groups is 1. The molecule has 2 aromatic carbocycles. The number of likely N-dealkylation sites (tertiary alicyclic amines) is 1. The van der Waals surface area contributed by atoms with Gasteiger partial charge in [0.2, 0.25) is 11.8 Å². The number of amides is 1. The fourth-order valence-corrected chi connectivity index (χ4v) is 5.55. The van der Waals surface area contributed by atoms with Gasteiger partial charge in [-0.05, 0) is 43.2 Å². The van der Waals surface area contributed by atoms with E-state index in [0.29, 0.717) is 18.7 Å². The van der Waals surface area contributed by atoms with Crippen molar-refractivity contribution in [3.63, 3.8) is 0 Å². The maximum atomic E-state index is 14.2. The SMILES string of the molecule is Cc1cccc(C)c1-c1cc(OC2CCN(C(=O)c3cc(O)ccc3F)C2)nc(NS(=O)(=O)c2cnn(C)c2)n1. The van der Waals surface area contributed by atoms with Gasteiger partial charge in [-0.1, -0.05) is 18.2 Å². The van der Waals surface area contributed by atoms with Crippen LogP contribution in [0.3, 0.4) is 0 Å². The van der Waals surface area contributed by atoms with Crippen molar-refractivity contribution in [3.8, 4) is 22.9 Å². The molecule has 1 saturated heterocycles. The summed E-state index contributed by atoms with van der Waals surface area (Å²) in [4.78, 5) is 23.1. The first-order chi connectivity index (χ1) is 19.0. The lowest BCUT2D eigenvalue weighted by Crippen LogP contribution is -2.31. The summed E-state index contributed by atoms with van der Waals surface area (Å²) in [7, 11) is -2.43. The molecule has 0 radical (unpaired) electrons. The van der Waals surface area contributed by atoms with Gasteiger partial charge in [0.1, 0.15) is 22.6 Å². The molecule has 0 spiro atoms. The highest BCUT2D eigenvalue weighted by Gasteiger charge is 2.30. The number of sulfonamides is 1. The second kappa shape index (κ2) is 10.6. The fourth-order valence-electron chi connectivity index (χ4n) is 4.62. The summed E-state index contributed by atoms with van der Waals surface area (Å²) in [6.07, 6.45) is 2.52. The van der Waals surface area contributed by atoms with E-state index < -0.39 is 27.9 Å². The Kier molecular flexibility index (Phi) is 7.15. The zero-order chi connectivity index (χ0) is 28.6. The number of aryl methyl sites for hydroxylation is 3. The number of phenolic OH excluding ortho intramolecular Hbond substituents is 1.